The fourth-order valence-corrected chi connectivity index (χ4v) is 2.40. The summed E-state index contributed by atoms with van der Waals surface area (Å²) in [6.45, 7) is 0. The summed E-state index contributed by atoms with van der Waals surface area (Å²) < 4.78 is 5.72. The topological polar surface area (TPSA) is 80.3 Å². The Kier molecular flexibility index (Phi) is 5.68. The number of aromatic nitrogens is 1. The molecular weight excluding hydrogens is 366 g/mol. The van der Waals surface area contributed by atoms with Gasteiger partial charge in [-0.1, -0.05) is 11.6 Å². The van der Waals surface area contributed by atoms with Gasteiger partial charge in [-0.3, -0.25) is 14.6 Å². The molecule has 0 aliphatic carbocycles. The van der Waals surface area contributed by atoms with Crippen LogP contribution in [-0.4, -0.2) is 23.8 Å². The standard InChI is InChI=1S/C20H16ClN3O3/c1-22-20(26)18-12-17(10-11-23-18)27-16-8-6-15(7-9-16)24-19(25)13-2-4-14(21)5-3-13/h2-12H,1H3,(H,22,26)(H,24,25). The Labute approximate surface area is 161 Å². The van der Waals surface area contributed by atoms with Crippen LogP contribution in [0.4, 0.5) is 5.69 Å². The van der Waals surface area contributed by atoms with E-state index in [-0.39, 0.29) is 17.5 Å². The van der Waals surface area contributed by atoms with Crippen LogP contribution in [-0.2, 0) is 0 Å². The molecule has 27 heavy (non-hydrogen) atoms. The Morgan fingerprint density at radius 3 is 2.30 bits per heavy atom. The number of ether oxygens (including phenoxy) is 1. The Morgan fingerprint density at radius 1 is 0.926 bits per heavy atom. The quantitative estimate of drug-likeness (QED) is 0.696. The molecule has 3 aromatic rings. The van der Waals surface area contributed by atoms with Crippen LogP contribution in [0.1, 0.15) is 20.8 Å². The number of carbonyl (C=O) groups excluding carboxylic acids is 2. The van der Waals surface area contributed by atoms with E-state index in [1.165, 1.54) is 13.2 Å². The number of hydrogen-bond acceptors (Lipinski definition) is 4. The molecule has 0 atom stereocenters. The van der Waals surface area contributed by atoms with Crippen molar-refractivity contribution in [1.29, 1.82) is 0 Å². The van der Waals surface area contributed by atoms with Gasteiger partial charge in [-0.15, -0.1) is 0 Å². The van der Waals surface area contributed by atoms with E-state index in [2.05, 4.69) is 15.6 Å². The van der Waals surface area contributed by atoms with E-state index in [1.54, 1.807) is 60.7 Å². The first-order valence-corrected chi connectivity index (χ1v) is 8.46. The van der Waals surface area contributed by atoms with E-state index in [0.29, 0.717) is 27.8 Å². The van der Waals surface area contributed by atoms with Gasteiger partial charge in [-0.05, 0) is 54.6 Å². The van der Waals surface area contributed by atoms with Gasteiger partial charge in [0, 0.05) is 35.6 Å². The molecule has 2 amide bonds. The van der Waals surface area contributed by atoms with Gasteiger partial charge in [0.1, 0.15) is 17.2 Å². The molecule has 0 saturated heterocycles. The van der Waals surface area contributed by atoms with E-state index in [0.717, 1.165) is 0 Å². The van der Waals surface area contributed by atoms with Gasteiger partial charge in [0.2, 0.25) is 0 Å². The maximum absolute atomic E-state index is 12.2. The lowest BCUT2D eigenvalue weighted by Gasteiger charge is -2.09. The third-order valence-electron chi connectivity index (χ3n) is 3.65. The molecule has 0 aliphatic rings. The SMILES string of the molecule is CNC(=O)c1cc(Oc2ccc(NC(=O)c3ccc(Cl)cc3)cc2)ccn1. The van der Waals surface area contributed by atoms with E-state index in [1.807, 2.05) is 0 Å². The molecule has 0 bridgehead atoms. The summed E-state index contributed by atoms with van der Waals surface area (Å²) in [6, 6.07) is 16.7. The van der Waals surface area contributed by atoms with Gasteiger partial charge in [0.15, 0.2) is 0 Å². The first-order valence-electron chi connectivity index (χ1n) is 8.08. The van der Waals surface area contributed by atoms with Gasteiger partial charge in [-0.2, -0.15) is 0 Å². The van der Waals surface area contributed by atoms with Crippen molar-refractivity contribution in [2.24, 2.45) is 0 Å². The number of nitrogens with one attached hydrogen (secondary N) is 2. The molecule has 1 aromatic heterocycles. The minimum absolute atomic E-state index is 0.232. The number of nitrogens with zero attached hydrogens (tertiary/aromatic N) is 1. The van der Waals surface area contributed by atoms with Crippen LogP contribution in [0.2, 0.25) is 5.02 Å². The summed E-state index contributed by atoms with van der Waals surface area (Å²) in [5.41, 5.74) is 1.41. The van der Waals surface area contributed by atoms with Crippen molar-refractivity contribution in [2.75, 3.05) is 12.4 Å². The van der Waals surface area contributed by atoms with Gasteiger partial charge in [-0.25, -0.2) is 0 Å². The largest absolute Gasteiger partial charge is 0.457 e. The zero-order chi connectivity index (χ0) is 19.2. The number of amides is 2. The zero-order valence-corrected chi connectivity index (χ0v) is 15.2. The number of carbonyl (C=O) groups is 2. The minimum atomic E-state index is -0.291. The van der Waals surface area contributed by atoms with Crippen LogP contribution in [0.5, 0.6) is 11.5 Å². The minimum Gasteiger partial charge on any atom is -0.457 e. The highest BCUT2D eigenvalue weighted by Crippen LogP contribution is 2.23. The fourth-order valence-electron chi connectivity index (χ4n) is 2.27. The van der Waals surface area contributed by atoms with E-state index in [4.69, 9.17) is 16.3 Å². The predicted molar refractivity (Wildman–Crippen MR) is 104 cm³/mol. The Hall–Kier alpha value is -3.38. The van der Waals surface area contributed by atoms with Gasteiger partial charge in [0.25, 0.3) is 11.8 Å². The van der Waals surface area contributed by atoms with Crippen molar-refractivity contribution in [3.8, 4) is 11.5 Å². The average Bonchev–Trinajstić information content (AvgIpc) is 2.69. The van der Waals surface area contributed by atoms with Gasteiger partial charge in [0.05, 0.1) is 0 Å². The van der Waals surface area contributed by atoms with E-state index >= 15 is 0 Å². The Bertz CT molecular complexity index is 957. The summed E-state index contributed by atoms with van der Waals surface area (Å²) in [5, 5.41) is 5.88. The molecule has 1 heterocycles. The molecular formula is C20H16ClN3O3. The lowest BCUT2D eigenvalue weighted by molar-refractivity contribution is 0.0957. The molecule has 0 unspecified atom stereocenters. The van der Waals surface area contributed by atoms with E-state index in [9.17, 15) is 9.59 Å². The van der Waals surface area contributed by atoms with E-state index < -0.39 is 0 Å². The second kappa shape index (κ2) is 8.33. The van der Waals surface area contributed by atoms with Crippen LogP contribution in [0, 0.1) is 0 Å². The van der Waals surface area contributed by atoms with Crippen LogP contribution >= 0.6 is 11.6 Å². The number of halogens is 1. The maximum Gasteiger partial charge on any atom is 0.269 e. The van der Waals surface area contributed by atoms with Crippen molar-refractivity contribution >= 4 is 29.1 Å². The predicted octanol–water partition coefficient (Wildman–Crippen LogP) is 4.14. The maximum atomic E-state index is 12.2. The van der Waals surface area contributed by atoms with Crippen molar-refractivity contribution in [3.05, 3.63) is 83.1 Å². The van der Waals surface area contributed by atoms with Crippen molar-refractivity contribution in [1.82, 2.24) is 10.3 Å². The third-order valence-corrected chi connectivity index (χ3v) is 3.90. The summed E-state index contributed by atoms with van der Waals surface area (Å²) in [6.07, 6.45) is 1.50. The number of pyridine rings is 1. The summed E-state index contributed by atoms with van der Waals surface area (Å²) in [4.78, 5) is 27.8. The number of benzene rings is 2. The van der Waals surface area contributed by atoms with Crippen molar-refractivity contribution in [3.63, 3.8) is 0 Å². The molecule has 0 fully saturated rings. The van der Waals surface area contributed by atoms with Crippen molar-refractivity contribution in [2.45, 2.75) is 0 Å². The van der Waals surface area contributed by atoms with Crippen LogP contribution < -0.4 is 15.4 Å². The number of rotatable bonds is 5. The highest BCUT2D eigenvalue weighted by molar-refractivity contribution is 6.30. The summed E-state index contributed by atoms with van der Waals surface area (Å²) >= 11 is 5.82. The fraction of sp³-hybridized carbons (Fsp3) is 0.0500. The monoisotopic (exact) mass is 381 g/mol. The highest BCUT2D eigenvalue weighted by Gasteiger charge is 2.08. The number of anilines is 1. The van der Waals surface area contributed by atoms with Gasteiger partial charge < -0.3 is 15.4 Å². The first-order chi connectivity index (χ1) is 13.0. The van der Waals surface area contributed by atoms with Crippen LogP contribution in [0.25, 0.3) is 0 Å². The Morgan fingerprint density at radius 2 is 1.63 bits per heavy atom. The summed E-state index contributed by atoms with van der Waals surface area (Å²) in [5.74, 6) is 0.528. The molecule has 2 N–H and O–H groups in total. The molecule has 0 aliphatic heterocycles. The molecule has 0 saturated carbocycles. The molecule has 6 nitrogen and oxygen atoms in total. The van der Waals surface area contributed by atoms with Crippen LogP contribution in [0.3, 0.4) is 0 Å². The number of hydrogen-bond donors (Lipinski definition) is 2. The zero-order valence-electron chi connectivity index (χ0n) is 14.4. The second-order valence-corrected chi connectivity index (χ2v) is 5.98. The van der Waals surface area contributed by atoms with Crippen LogP contribution in [0.15, 0.2) is 66.9 Å². The van der Waals surface area contributed by atoms with Crippen molar-refractivity contribution < 1.29 is 14.3 Å². The lowest BCUT2D eigenvalue weighted by Crippen LogP contribution is -2.18. The van der Waals surface area contributed by atoms with Gasteiger partial charge >= 0.3 is 0 Å². The Balaban J connectivity index is 1.66. The molecule has 3 rings (SSSR count). The third kappa shape index (κ3) is 4.83. The molecule has 0 spiro atoms. The first kappa shape index (κ1) is 18.4. The summed E-state index contributed by atoms with van der Waals surface area (Å²) in [7, 11) is 1.54. The lowest BCUT2D eigenvalue weighted by atomic mass is 10.2. The molecule has 2 aromatic carbocycles. The molecule has 0 radical (unpaired) electrons. The normalized spacial score (nSPS) is 10.1. The smallest absolute Gasteiger partial charge is 0.269 e. The molecule has 7 heteroatoms. The average molecular weight is 382 g/mol. The highest BCUT2D eigenvalue weighted by atomic mass is 35.5. The second-order valence-electron chi connectivity index (χ2n) is 5.54. The molecule has 136 valence electrons.